The molecule has 0 spiro atoms. The standard InChI is InChI=1S/C15H17N3O2/c1-9-11(8-17-18-9)7-16-12-4-2-10(3-5-12)13-6-14(13)15(19)20/h2-5,8,13-14,16H,6-7H2,1H3,(H,17,18)(H,19,20)/t13-,14+/m0/s1. The van der Waals surface area contributed by atoms with Crippen LogP contribution in [0.1, 0.15) is 29.2 Å². The highest BCUT2D eigenvalue weighted by Crippen LogP contribution is 2.47. The molecule has 0 unspecified atom stereocenters. The molecule has 0 radical (unpaired) electrons. The lowest BCUT2D eigenvalue weighted by molar-refractivity contribution is -0.138. The number of anilines is 1. The first-order valence-electron chi connectivity index (χ1n) is 6.70. The number of hydrogen-bond donors (Lipinski definition) is 3. The average molecular weight is 271 g/mol. The lowest BCUT2D eigenvalue weighted by Gasteiger charge is -2.07. The van der Waals surface area contributed by atoms with Gasteiger partial charge in [-0.05, 0) is 37.0 Å². The third-order valence-corrected chi connectivity index (χ3v) is 3.86. The van der Waals surface area contributed by atoms with E-state index in [1.54, 1.807) is 0 Å². The van der Waals surface area contributed by atoms with E-state index in [0.29, 0.717) is 0 Å². The van der Waals surface area contributed by atoms with Gasteiger partial charge in [-0.25, -0.2) is 0 Å². The molecule has 3 rings (SSSR count). The first-order valence-corrected chi connectivity index (χ1v) is 6.70. The smallest absolute Gasteiger partial charge is 0.307 e. The van der Waals surface area contributed by atoms with E-state index in [1.165, 1.54) is 0 Å². The van der Waals surface area contributed by atoms with Gasteiger partial charge in [-0.3, -0.25) is 9.89 Å². The van der Waals surface area contributed by atoms with Gasteiger partial charge in [-0.15, -0.1) is 0 Å². The van der Waals surface area contributed by atoms with Crippen molar-refractivity contribution in [1.29, 1.82) is 0 Å². The van der Waals surface area contributed by atoms with Crippen LogP contribution in [-0.4, -0.2) is 21.3 Å². The van der Waals surface area contributed by atoms with Crippen LogP contribution in [0.25, 0.3) is 0 Å². The van der Waals surface area contributed by atoms with Crippen molar-refractivity contribution in [3.8, 4) is 0 Å². The zero-order chi connectivity index (χ0) is 14.1. The van der Waals surface area contributed by atoms with Crippen LogP contribution in [0.3, 0.4) is 0 Å². The van der Waals surface area contributed by atoms with E-state index >= 15 is 0 Å². The normalized spacial score (nSPS) is 20.6. The lowest BCUT2D eigenvalue weighted by atomic mass is 10.1. The van der Waals surface area contributed by atoms with Gasteiger partial charge in [0.15, 0.2) is 0 Å². The number of aliphatic carboxylic acids is 1. The van der Waals surface area contributed by atoms with Crippen molar-refractivity contribution in [1.82, 2.24) is 10.2 Å². The van der Waals surface area contributed by atoms with E-state index in [0.717, 1.165) is 35.5 Å². The molecule has 1 heterocycles. The van der Waals surface area contributed by atoms with Crippen molar-refractivity contribution in [2.45, 2.75) is 25.8 Å². The number of H-pyrrole nitrogens is 1. The topological polar surface area (TPSA) is 78.0 Å². The SMILES string of the molecule is Cc1[nH]ncc1CNc1ccc([C@@H]2C[C@H]2C(=O)O)cc1. The minimum atomic E-state index is -0.687. The molecule has 1 aliphatic rings. The van der Waals surface area contributed by atoms with Crippen molar-refractivity contribution in [2.24, 2.45) is 5.92 Å². The molecule has 0 bridgehead atoms. The minimum absolute atomic E-state index is 0.192. The number of carbonyl (C=O) groups is 1. The molecule has 104 valence electrons. The summed E-state index contributed by atoms with van der Waals surface area (Å²) in [6.07, 6.45) is 2.58. The number of nitrogens with zero attached hydrogens (tertiary/aromatic N) is 1. The fourth-order valence-electron chi connectivity index (χ4n) is 2.44. The number of rotatable bonds is 5. The number of carboxylic acid groups (broad SMARTS) is 1. The lowest BCUT2D eigenvalue weighted by Crippen LogP contribution is -2.01. The van der Waals surface area contributed by atoms with E-state index in [1.807, 2.05) is 37.4 Å². The van der Waals surface area contributed by atoms with Crippen LogP contribution in [0.4, 0.5) is 5.69 Å². The number of aromatic amines is 1. The molecule has 0 saturated heterocycles. The van der Waals surface area contributed by atoms with Crippen molar-refractivity contribution in [3.05, 3.63) is 47.3 Å². The van der Waals surface area contributed by atoms with Gasteiger partial charge in [0, 0.05) is 23.5 Å². The van der Waals surface area contributed by atoms with Gasteiger partial charge in [0.25, 0.3) is 0 Å². The molecular formula is C15H17N3O2. The van der Waals surface area contributed by atoms with Gasteiger partial charge < -0.3 is 10.4 Å². The van der Waals surface area contributed by atoms with Gasteiger partial charge in [0.1, 0.15) is 0 Å². The van der Waals surface area contributed by atoms with E-state index in [9.17, 15) is 4.79 Å². The molecule has 1 saturated carbocycles. The molecule has 1 aromatic heterocycles. The number of benzene rings is 1. The van der Waals surface area contributed by atoms with Gasteiger partial charge >= 0.3 is 5.97 Å². The largest absolute Gasteiger partial charge is 0.481 e. The maximum absolute atomic E-state index is 10.9. The number of hydrogen-bond acceptors (Lipinski definition) is 3. The Morgan fingerprint density at radius 3 is 2.75 bits per heavy atom. The monoisotopic (exact) mass is 271 g/mol. The summed E-state index contributed by atoms with van der Waals surface area (Å²) in [6.45, 7) is 2.72. The van der Waals surface area contributed by atoms with Gasteiger partial charge in [0.2, 0.25) is 0 Å². The second-order valence-corrected chi connectivity index (χ2v) is 5.28. The van der Waals surface area contributed by atoms with Crippen molar-refractivity contribution in [2.75, 3.05) is 5.32 Å². The van der Waals surface area contributed by atoms with Gasteiger partial charge in [0.05, 0.1) is 12.1 Å². The highest BCUT2D eigenvalue weighted by atomic mass is 16.4. The summed E-state index contributed by atoms with van der Waals surface area (Å²) in [6, 6.07) is 8.03. The van der Waals surface area contributed by atoms with Crippen molar-refractivity contribution >= 4 is 11.7 Å². The maximum atomic E-state index is 10.9. The van der Waals surface area contributed by atoms with Gasteiger partial charge in [-0.1, -0.05) is 12.1 Å². The van der Waals surface area contributed by atoms with Crippen molar-refractivity contribution in [3.63, 3.8) is 0 Å². The Labute approximate surface area is 117 Å². The molecule has 0 aliphatic heterocycles. The molecule has 5 heteroatoms. The van der Waals surface area contributed by atoms with Crippen LogP contribution in [0.5, 0.6) is 0 Å². The molecule has 0 amide bonds. The van der Waals surface area contributed by atoms with Crippen LogP contribution < -0.4 is 5.32 Å². The minimum Gasteiger partial charge on any atom is -0.481 e. The van der Waals surface area contributed by atoms with Crippen LogP contribution in [0.15, 0.2) is 30.5 Å². The Morgan fingerprint density at radius 2 is 2.20 bits per heavy atom. The van der Waals surface area contributed by atoms with E-state index in [2.05, 4.69) is 15.5 Å². The van der Waals surface area contributed by atoms with Crippen LogP contribution in [0, 0.1) is 12.8 Å². The molecule has 20 heavy (non-hydrogen) atoms. The summed E-state index contributed by atoms with van der Waals surface area (Å²) in [4.78, 5) is 10.9. The third kappa shape index (κ3) is 2.52. The Morgan fingerprint density at radius 1 is 1.45 bits per heavy atom. The van der Waals surface area contributed by atoms with Gasteiger partial charge in [-0.2, -0.15) is 5.10 Å². The zero-order valence-corrected chi connectivity index (χ0v) is 11.3. The molecular weight excluding hydrogens is 254 g/mol. The molecule has 1 aromatic carbocycles. The fourth-order valence-corrected chi connectivity index (χ4v) is 2.44. The molecule has 2 aromatic rings. The summed E-state index contributed by atoms with van der Waals surface area (Å²) in [5, 5.41) is 19.2. The fraction of sp³-hybridized carbons (Fsp3) is 0.333. The van der Waals surface area contributed by atoms with Crippen LogP contribution in [0.2, 0.25) is 0 Å². The predicted molar refractivity (Wildman–Crippen MR) is 75.6 cm³/mol. The molecule has 1 fully saturated rings. The van der Waals surface area contributed by atoms with E-state index in [4.69, 9.17) is 5.11 Å². The van der Waals surface area contributed by atoms with E-state index < -0.39 is 5.97 Å². The molecule has 1 aliphatic carbocycles. The summed E-state index contributed by atoms with van der Waals surface area (Å²) in [5.74, 6) is -0.687. The number of carboxylic acids is 1. The second kappa shape index (κ2) is 5.00. The Kier molecular flexibility index (Phi) is 3.18. The predicted octanol–water partition coefficient (Wildman–Crippen LogP) is 2.52. The zero-order valence-electron chi connectivity index (χ0n) is 11.3. The first-order chi connectivity index (χ1) is 9.65. The summed E-state index contributed by atoms with van der Waals surface area (Å²) < 4.78 is 0. The summed E-state index contributed by atoms with van der Waals surface area (Å²) >= 11 is 0. The van der Waals surface area contributed by atoms with Crippen LogP contribution >= 0.6 is 0 Å². The Bertz CT molecular complexity index is 618. The van der Waals surface area contributed by atoms with Crippen molar-refractivity contribution < 1.29 is 9.90 Å². The highest BCUT2D eigenvalue weighted by molar-refractivity contribution is 5.75. The Balaban J connectivity index is 1.60. The molecule has 3 N–H and O–H groups in total. The maximum Gasteiger partial charge on any atom is 0.307 e. The summed E-state index contributed by atoms with van der Waals surface area (Å²) in [5.41, 5.74) is 4.35. The third-order valence-electron chi connectivity index (χ3n) is 3.86. The Hall–Kier alpha value is -2.30. The quantitative estimate of drug-likeness (QED) is 0.781. The first kappa shape index (κ1) is 12.7. The summed E-state index contributed by atoms with van der Waals surface area (Å²) in [7, 11) is 0. The highest BCUT2D eigenvalue weighted by Gasteiger charge is 2.43. The van der Waals surface area contributed by atoms with Crippen LogP contribution in [-0.2, 0) is 11.3 Å². The number of aromatic nitrogens is 2. The second-order valence-electron chi connectivity index (χ2n) is 5.28. The van der Waals surface area contributed by atoms with E-state index in [-0.39, 0.29) is 11.8 Å². The number of nitrogens with one attached hydrogen (secondary N) is 2. The average Bonchev–Trinajstić information content (AvgIpc) is 3.15. The molecule has 5 nitrogen and oxygen atoms in total. The molecule has 2 atom stereocenters. The number of aryl methyl sites for hydroxylation is 1.